The second-order valence-corrected chi connectivity index (χ2v) is 18.8. The molecule has 0 bridgehead atoms. The molecule has 3 unspecified atom stereocenters. The van der Waals surface area contributed by atoms with E-state index in [0.717, 1.165) is 57.8 Å². The molecule has 11 nitrogen and oxygen atoms in total. The minimum absolute atomic E-state index is 0.143. The van der Waals surface area contributed by atoms with Crippen molar-refractivity contribution in [3.63, 3.8) is 0 Å². The molecule has 3 atom stereocenters. The number of phosphoric acid groups is 1. The predicted octanol–water partition coefficient (Wildman–Crippen LogP) is 14.1. The molecule has 4 N–H and O–H groups in total. The number of rotatable bonds is 48. The lowest BCUT2D eigenvalue weighted by Crippen LogP contribution is -2.43. The van der Waals surface area contributed by atoms with E-state index in [-0.39, 0.29) is 12.8 Å². The number of unbranched alkanes of at least 4 members (excludes halogenated alkanes) is 26. The van der Waals surface area contributed by atoms with Gasteiger partial charge in [0.05, 0.1) is 13.2 Å². The van der Waals surface area contributed by atoms with Gasteiger partial charge >= 0.3 is 19.8 Å². The van der Waals surface area contributed by atoms with Crippen molar-refractivity contribution >= 4 is 25.7 Å². The van der Waals surface area contributed by atoms with Gasteiger partial charge in [0, 0.05) is 12.8 Å². The summed E-state index contributed by atoms with van der Waals surface area (Å²) in [5, 5.41) is 21.9. The zero-order valence-electron chi connectivity index (χ0n) is 40.6. The smallest absolute Gasteiger partial charge is 0.472 e. The molecule has 0 aromatic heterocycles. The highest BCUT2D eigenvalue weighted by molar-refractivity contribution is 7.47. The first-order chi connectivity index (χ1) is 31.1. The third-order valence-electron chi connectivity index (χ3n) is 11.1. The molecule has 0 saturated heterocycles. The summed E-state index contributed by atoms with van der Waals surface area (Å²) >= 11 is 0. The van der Waals surface area contributed by atoms with Crippen molar-refractivity contribution in [2.45, 2.75) is 244 Å². The van der Waals surface area contributed by atoms with E-state index >= 15 is 0 Å². The summed E-state index contributed by atoms with van der Waals surface area (Å²) in [7, 11) is -4.76. The SMILES string of the molecule is CCCCC/C=C\C/C=C\CCCCCCCCCCCCCC(=O)NC(COP(=O)(O)OCC(O)COC(=O)CCCCCCCCCCC/C=C\C/C=C\CCCCC)C(=O)O. The Balaban J connectivity index is 3.83. The molecular weight excluding hydrogens is 830 g/mol. The number of allylic oxidation sites excluding steroid dienone is 8. The van der Waals surface area contributed by atoms with E-state index in [0.29, 0.717) is 12.8 Å². The molecule has 0 rings (SSSR count). The maximum atomic E-state index is 12.4. The standard InChI is InChI=1S/C52H94NO10P/c1-3-5-7-9-11-13-15-17-19-21-23-24-26-27-29-31-33-35-37-39-41-43-50(55)53-49(52(57)58)47-63-64(59,60)62-46-48(54)45-61-51(56)44-42-40-38-36-34-32-30-28-25-22-20-18-16-14-12-10-8-6-4-2/h11-14,17-20,48-49,54H,3-10,15-16,21-47H2,1-2H3,(H,53,55)(H,57,58)(H,59,60)/b13-11-,14-12-,19-17-,20-18-. The summed E-state index contributed by atoms with van der Waals surface area (Å²) in [6.07, 6.45) is 54.1. The van der Waals surface area contributed by atoms with E-state index in [1.54, 1.807) is 0 Å². The van der Waals surface area contributed by atoms with Gasteiger partial charge in [-0.05, 0) is 77.0 Å². The van der Waals surface area contributed by atoms with E-state index in [4.69, 9.17) is 13.8 Å². The summed E-state index contributed by atoms with van der Waals surface area (Å²) in [4.78, 5) is 46.1. The number of hydrogen-bond acceptors (Lipinski definition) is 8. The third-order valence-corrected chi connectivity index (χ3v) is 12.0. The number of nitrogens with one attached hydrogen (secondary N) is 1. The summed E-state index contributed by atoms with van der Waals surface area (Å²) in [6.45, 7) is 2.57. The number of carboxylic acid groups (broad SMARTS) is 1. The number of aliphatic hydroxyl groups is 1. The molecule has 0 aromatic rings. The van der Waals surface area contributed by atoms with E-state index in [9.17, 15) is 34.1 Å². The van der Waals surface area contributed by atoms with Gasteiger partial charge < -0.3 is 25.2 Å². The number of carbonyl (C=O) groups is 3. The monoisotopic (exact) mass is 924 g/mol. The van der Waals surface area contributed by atoms with Crippen LogP contribution in [0.5, 0.6) is 0 Å². The van der Waals surface area contributed by atoms with Crippen LogP contribution in [0.25, 0.3) is 0 Å². The Hall–Kier alpha value is -2.56. The fourth-order valence-electron chi connectivity index (χ4n) is 7.08. The lowest BCUT2D eigenvalue weighted by Gasteiger charge is -2.18. The molecule has 0 saturated carbocycles. The van der Waals surface area contributed by atoms with Crippen molar-refractivity contribution in [3.8, 4) is 0 Å². The highest BCUT2D eigenvalue weighted by Gasteiger charge is 2.28. The first kappa shape index (κ1) is 61.4. The van der Waals surface area contributed by atoms with E-state index in [1.165, 1.54) is 135 Å². The first-order valence-corrected chi connectivity index (χ1v) is 27.2. The van der Waals surface area contributed by atoms with Crippen LogP contribution >= 0.6 is 7.82 Å². The number of amides is 1. The van der Waals surface area contributed by atoms with Crippen LogP contribution in [0.3, 0.4) is 0 Å². The van der Waals surface area contributed by atoms with Gasteiger partial charge in [0.15, 0.2) is 6.04 Å². The van der Waals surface area contributed by atoms with Crippen molar-refractivity contribution in [1.29, 1.82) is 0 Å². The molecule has 12 heteroatoms. The van der Waals surface area contributed by atoms with Crippen LogP contribution in [0.1, 0.15) is 232 Å². The zero-order valence-corrected chi connectivity index (χ0v) is 41.5. The second kappa shape index (κ2) is 47.0. The number of ether oxygens (including phenoxy) is 1. The highest BCUT2D eigenvalue weighted by atomic mass is 31.2. The number of aliphatic carboxylic acids is 1. The normalized spacial score (nSPS) is 13.9. The Morgan fingerprint density at radius 3 is 1.27 bits per heavy atom. The van der Waals surface area contributed by atoms with Gasteiger partial charge in [0.25, 0.3) is 0 Å². The molecule has 0 aliphatic heterocycles. The maximum Gasteiger partial charge on any atom is 0.472 e. The number of esters is 1. The summed E-state index contributed by atoms with van der Waals surface area (Å²) < 4.78 is 27.0. The van der Waals surface area contributed by atoms with Crippen LogP contribution in [0.15, 0.2) is 48.6 Å². The maximum absolute atomic E-state index is 12.4. The van der Waals surface area contributed by atoms with Crippen molar-refractivity contribution in [2.75, 3.05) is 19.8 Å². The van der Waals surface area contributed by atoms with Crippen LogP contribution in [-0.2, 0) is 32.7 Å². The minimum Gasteiger partial charge on any atom is -0.480 e. The van der Waals surface area contributed by atoms with Crippen LogP contribution in [0.2, 0.25) is 0 Å². The van der Waals surface area contributed by atoms with Crippen LogP contribution < -0.4 is 5.32 Å². The Kier molecular flexibility index (Phi) is 45.1. The molecular formula is C52H94NO10P. The van der Waals surface area contributed by atoms with Crippen molar-refractivity contribution in [3.05, 3.63) is 48.6 Å². The molecule has 1 amide bonds. The fourth-order valence-corrected chi connectivity index (χ4v) is 7.85. The van der Waals surface area contributed by atoms with Gasteiger partial charge in [-0.15, -0.1) is 0 Å². The van der Waals surface area contributed by atoms with Gasteiger partial charge in [-0.1, -0.05) is 191 Å². The number of hydrogen-bond donors (Lipinski definition) is 4. The Labute approximate surface area is 390 Å². The minimum atomic E-state index is -4.76. The van der Waals surface area contributed by atoms with Crippen LogP contribution in [0, 0.1) is 0 Å². The van der Waals surface area contributed by atoms with E-state index < -0.39 is 57.6 Å². The highest BCUT2D eigenvalue weighted by Crippen LogP contribution is 2.43. The molecule has 0 aromatic carbocycles. The molecule has 372 valence electrons. The Bertz CT molecular complexity index is 1270. The number of aliphatic hydroxyl groups excluding tert-OH is 1. The van der Waals surface area contributed by atoms with E-state index in [1.807, 2.05) is 0 Å². The van der Waals surface area contributed by atoms with Gasteiger partial charge in [-0.25, -0.2) is 9.36 Å². The van der Waals surface area contributed by atoms with Gasteiger partial charge in [-0.2, -0.15) is 0 Å². The molecule has 0 spiro atoms. The Morgan fingerprint density at radius 1 is 0.500 bits per heavy atom. The van der Waals surface area contributed by atoms with Crippen molar-refractivity contribution < 1.29 is 47.8 Å². The summed E-state index contributed by atoms with van der Waals surface area (Å²) in [6, 6.07) is -1.55. The number of phosphoric ester groups is 1. The third kappa shape index (κ3) is 46.0. The molecule has 64 heavy (non-hydrogen) atoms. The average molecular weight is 924 g/mol. The van der Waals surface area contributed by atoms with Gasteiger partial charge in [0.2, 0.25) is 5.91 Å². The van der Waals surface area contributed by atoms with Gasteiger partial charge in [0.1, 0.15) is 12.7 Å². The van der Waals surface area contributed by atoms with Crippen LogP contribution in [-0.4, -0.2) is 64.9 Å². The van der Waals surface area contributed by atoms with Crippen molar-refractivity contribution in [2.24, 2.45) is 0 Å². The van der Waals surface area contributed by atoms with E-state index in [2.05, 4.69) is 67.8 Å². The van der Waals surface area contributed by atoms with Crippen molar-refractivity contribution in [1.82, 2.24) is 5.32 Å². The summed E-state index contributed by atoms with van der Waals surface area (Å²) in [5.41, 5.74) is 0. The van der Waals surface area contributed by atoms with Crippen LogP contribution in [0.4, 0.5) is 0 Å². The molecule has 0 fully saturated rings. The molecule has 0 aliphatic rings. The number of carboxylic acids is 1. The van der Waals surface area contributed by atoms with Gasteiger partial charge in [-0.3, -0.25) is 18.6 Å². The molecule has 0 heterocycles. The fraction of sp³-hybridized carbons (Fsp3) is 0.788. The quantitative estimate of drug-likeness (QED) is 0.0199. The zero-order chi connectivity index (χ0) is 47.0. The second-order valence-electron chi connectivity index (χ2n) is 17.4. The first-order valence-electron chi connectivity index (χ1n) is 25.7. The lowest BCUT2D eigenvalue weighted by atomic mass is 10.0. The predicted molar refractivity (Wildman–Crippen MR) is 263 cm³/mol. The lowest BCUT2D eigenvalue weighted by molar-refractivity contribution is -0.147. The summed E-state index contributed by atoms with van der Waals surface area (Å²) in [5.74, 6) is -2.37. The molecule has 0 radical (unpaired) electrons. The topological polar surface area (TPSA) is 169 Å². The largest absolute Gasteiger partial charge is 0.480 e. The molecule has 0 aliphatic carbocycles. The Morgan fingerprint density at radius 2 is 0.859 bits per heavy atom. The average Bonchev–Trinajstić information content (AvgIpc) is 3.27. The number of carbonyl (C=O) groups excluding carboxylic acids is 2.